The van der Waals surface area contributed by atoms with Gasteiger partial charge in [0.25, 0.3) is 0 Å². The minimum Gasteiger partial charge on any atom is -0.303 e. The Morgan fingerprint density at radius 1 is 1.16 bits per heavy atom. The molecular weight excluding hydrogens is 304 g/mol. The quantitative estimate of drug-likeness (QED) is 0.723. The Hall–Kier alpha value is -0.610. The Labute approximate surface area is 126 Å². The van der Waals surface area contributed by atoms with Crippen LogP contribution < -0.4 is 5.32 Å². The molecule has 0 amide bonds. The lowest BCUT2D eigenvalue weighted by Gasteiger charge is -2.20. The number of hydrogen-bond acceptors (Lipinski definition) is 2. The number of thiophene rings is 1. The second-order valence-electron chi connectivity index (χ2n) is 4.41. The molecule has 0 aliphatic carbocycles. The van der Waals surface area contributed by atoms with Gasteiger partial charge < -0.3 is 5.32 Å². The minimum atomic E-state index is -0.446. The van der Waals surface area contributed by atoms with Crippen molar-refractivity contribution in [3.63, 3.8) is 0 Å². The number of halogens is 3. The van der Waals surface area contributed by atoms with Crippen molar-refractivity contribution in [3.05, 3.63) is 55.9 Å². The summed E-state index contributed by atoms with van der Waals surface area (Å²) < 4.78 is 13.5. The molecule has 0 radical (unpaired) electrons. The topological polar surface area (TPSA) is 12.0 Å². The number of rotatable bonds is 4. The fraction of sp³-hybridized carbons (Fsp3) is 0.286. The lowest BCUT2D eigenvalue weighted by Crippen LogP contribution is -2.22. The van der Waals surface area contributed by atoms with E-state index in [0.717, 1.165) is 0 Å². The van der Waals surface area contributed by atoms with Crippen LogP contribution in [0, 0.1) is 5.82 Å². The molecule has 1 aromatic heterocycles. The second kappa shape index (κ2) is 6.23. The molecule has 1 heterocycles. The van der Waals surface area contributed by atoms with Crippen molar-refractivity contribution in [3.8, 4) is 0 Å². The average Bonchev–Trinajstić information content (AvgIpc) is 2.87. The van der Waals surface area contributed by atoms with Gasteiger partial charge in [0.1, 0.15) is 5.82 Å². The Balaban J connectivity index is 2.16. The van der Waals surface area contributed by atoms with Crippen LogP contribution in [-0.2, 0) is 0 Å². The third kappa shape index (κ3) is 3.48. The SMILES string of the molecule is CC(N[C@@H](C)c1cccs1)c1cc(F)c(Cl)cc1Cl. The van der Waals surface area contributed by atoms with Crippen LogP contribution in [0.25, 0.3) is 0 Å². The zero-order chi connectivity index (χ0) is 14.0. The number of nitrogens with one attached hydrogen (secondary N) is 1. The standard InChI is InChI=1S/C14H14Cl2FNS/c1-8(18-9(2)14-4-3-5-19-14)10-6-13(17)12(16)7-11(10)15/h3-9,18H,1-2H3/t8?,9-/m0/s1. The average molecular weight is 318 g/mol. The molecule has 2 rings (SSSR count). The van der Waals surface area contributed by atoms with E-state index >= 15 is 0 Å². The van der Waals surface area contributed by atoms with Crippen molar-refractivity contribution in [2.45, 2.75) is 25.9 Å². The first-order valence-electron chi connectivity index (χ1n) is 5.93. The summed E-state index contributed by atoms with van der Waals surface area (Å²) in [5, 5.41) is 5.96. The predicted octanol–water partition coefficient (Wildman–Crippen LogP) is 5.61. The first kappa shape index (κ1) is 14.8. The molecule has 5 heteroatoms. The molecule has 0 bridgehead atoms. The fourth-order valence-electron chi connectivity index (χ4n) is 1.95. The van der Waals surface area contributed by atoms with Gasteiger partial charge in [-0.2, -0.15) is 0 Å². The first-order valence-corrected chi connectivity index (χ1v) is 7.56. The third-order valence-electron chi connectivity index (χ3n) is 2.98. The fourth-order valence-corrected chi connectivity index (χ4v) is 3.24. The molecule has 1 nitrogen and oxygen atoms in total. The summed E-state index contributed by atoms with van der Waals surface area (Å²) >= 11 is 13.5. The maximum atomic E-state index is 13.5. The van der Waals surface area contributed by atoms with Gasteiger partial charge in [0.2, 0.25) is 0 Å². The molecule has 0 aliphatic heterocycles. The van der Waals surface area contributed by atoms with Crippen molar-refractivity contribution in [2.24, 2.45) is 0 Å². The number of benzene rings is 1. The van der Waals surface area contributed by atoms with Gasteiger partial charge >= 0.3 is 0 Å². The smallest absolute Gasteiger partial charge is 0.142 e. The van der Waals surface area contributed by atoms with Crippen LogP contribution in [0.2, 0.25) is 10.0 Å². The predicted molar refractivity (Wildman–Crippen MR) is 80.7 cm³/mol. The normalized spacial score (nSPS) is 14.4. The lowest BCUT2D eigenvalue weighted by atomic mass is 10.1. The highest BCUT2D eigenvalue weighted by atomic mass is 35.5. The summed E-state index contributed by atoms with van der Waals surface area (Å²) in [5.41, 5.74) is 0.715. The van der Waals surface area contributed by atoms with Crippen LogP contribution in [0.3, 0.4) is 0 Å². The highest BCUT2D eigenvalue weighted by Gasteiger charge is 2.16. The van der Waals surface area contributed by atoms with E-state index in [4.69, 9.17) is 23.2 Å². The minimum absolute atomic E-state index is 0.0484. The van der Waals surface area contributed by atoms with Crippen LogP contribution in [0.5, 0.6) is 0 Å². The maximum absolute atomic E-state index is 13.5. The molecule has 2 aromatic rings. The molecular formula is C14H14Cl2FNS. The van der Waals surface area contributed by atoms with Crippen molar-refractivity contribution < 1.29 is 4.39 Å². The molecule has 1 aromatic carbocycles. The second-order valence-corrected chi connectivity index (χ2v) is 6.21. The maximum Gasteiger partial charge on any atom is 0.142 e. The van der Waals surface area contributed by atoms with Gasteiger partial charge in [-0.25, -0.2) is 4.39 Å². The van der Waals surface area contributed by atoms with Gasteiger partial charge in [0.15, 0.2) is 0 Å². The summed E-state index contributed by atoms with van der Waals surface area (Å²) in [6.07, 6.45) is 0. The van der Waals surface area contributed by atoms with Crippen LogP contribution in [-0.4, -0.2) is 0 Å². The van der Waals surface area contributed by atoms with Gasteiger partial charge in [-0.1, -0.05) is 29.3 Å². The first-order chi connectivity index (χ1) is 8.99. The zero-order valence-corrected chi connectivity index (χ0v) is 12.9. The molecule has 1 N–H and O–H groups in total. The van der Waals surface area contributed by atoms with Crippen molar-refractivity contribution in [1.82, 2.24) is 5.32 Å². The van der Waals surface area contributed by atoms with Crippen molar-refractivity contribution in [2.75, 3.05) is 0 Å². The summed E-state index contributed by atoms with van der Waals surface area (Å²) in [5.74, 6) is -0.446. The van der Waals surface area contributed by atoms with E-state index in [1.54, 1.807) is 11.3 Å². The molecule has 0 saturated heterocycles. The Bertz CT molecular complexity index is 557. The van der Waals surface area contributed by atoms with E-state index in [-0.39, 0.29) is 17.1 Å². The largest absolute Gasteiger partial charge is 0.303 e. The molecule has 0 aliphatic rings. The van der Waals surface area contributed by atoms with Gasteiger partial charge in [0, 0.05) is 22.0 Å². The summed E-state index contributed by atoms with van der Waals surface area (Å²) in [6.45, 7) is 4.03. The molecule has 0 fully saturated rings. The zero-order valence-electron chi connectivity index (χ0n) is 10.6. The summed E-state index contributed by atoms with van der Waals surface area (Å²) in [6, 6.07) is 7.04. The van der Waals surface area contributed by atoms with Gasteiger partial charge in [-0.3, -0.25) is 0 Å². The van der Waals surface area contributed by atoms with Gasteiger partial charge in [0.05, 0.1) is 5.02 Å². The van der Waals surface area contributed by atoms with Gasteiger partial charge in [-0.05, 0) is 43.0 Å². The molecule has 0 saturated carbocycles. The van der Waals surface area contributed by atoms with Crippen LogP contribution in [0.1, 0.15) is 36.4 Å². The molecule has 2 atom stereocenters. The summed E-state index contributed by atoms with van der Waals surface area (Å²) in [7, 11) is 0. The summed E-state index contributed by atoms with van der Waals surface area (Å²) in [4.78, 5) is 1.23. The Morgan fingerprint density at radius 2 is 1.89 bits per heavy atom. The highest BCUT2D eigenvalue weighted by Crippen LogP contribution is 2.30. The van der Waals surface area contributed by atoms with E-state index in [1.165, 1.54) is 17.0 Å². The Kier molecular flexibility index (Phi) is 4.85. The lowest BCUT2D eigenvalue weighted by molar-refractivity contribution is 0.497. The van der Waals surface area contributed by atoms with E-state index < -0.39 is 5.82 Å². The van der Waals surface area contributed by atoms with Crippen molar-refractivity contribution in [1.29, 1.82) is 0 Å². The molecule has 0 spiro atoms. The van der Waals surface area contributed by atoms with E-state index in [9.17, 15) is 4.39 Å². The van der Waals surface area contributed by atoms with Crippen LogP contribution >= 0.6 is 34.5 Å². The van der Waals surface area contributed by atoms with E-state index in [2.05, 4.69) is 18.3 Å². The molecule has 102 valence electrons. The third-order valence-corrected chi connectivity index (χ3v) is 4.65. The van der Waals surface area contributed by atoms with Gasteiger partial charge in [-0.15, -0.1) is 11.3 Å². The van der Waals surface area contributed by atoms with Crippen LogP contribution in [0.4, 0.5) is 4.39 Å². The Morgan fingerprint density at radius 3 is 2.53 bits per heavy atom. The van der Waals surface area contributed by atoms with E-state index in [1.807, 2.05) is 18.4 Å². The molecule has 19 heavy (non-hydrogen) atoms. The number of hydrogen-bond donors (Lipinski definition) is 1. The highest BCUT2D eigenvalue weighted by molar-refractivity contribution is 7.10. The molecule has 1 unspecified atom stereocenters. The van der Waals surface area contributed by atoms with E-state index in [0.29, 0.717) is 10.6 Å². The van der Waals surface area contributed by atoms with Crippen LogP contribution in [0.15, 0.2) is 29.6 Å². The van der Waals surface area contributed by atoms with Crippen molar-refractivity contribution >= 4 is 34.5 Å². The monoisotopic (exact) mass is 317 g/mol.